The molecule has 0 saturated carbocycles. The molecule has 3 atom stereocenters. The molecule has 2 aromatic heterocycles. The lowest BCUT2D eigenvalue weighted by atomic mass is 9.69. The SMILES string of the molecule is C[C@@H]1CN2c3c(cc4c(-c5nccn5C)noc4c3F)CC3(C=NCN=C3)[C@@H]2[C@H](C)O1. The Morgan fingerprint density at radius 1 is 1.23 bits per heavy atom. The fourth-order valence-corrected chi connectivity index (χ4v) is 5.55. The van der Waals surface area contributed by atoms with Crippen LogP contribution < -0.4 is 4.90 Å². The van der Waals surface area contributed by atoms with E-state index in [0.717, 1.165) is 5.56 Å². The quantitative estimate of drug-likeness (QED) is 0.602. The number of aliphatic imine (C=N–C) groups is 2. The molecular formula is C22H23FN6O2. The van der Waals surface area contributed by atoms with Gasteiger partial charge in [0.15, 0.2) is 17.3 Å². The highest BCUT2D eigenvalue weighted by Gasteiger charge is 2.52. The third-order valence-electron chi connectivity index (χ3n) is 6.63. The predicted molar refractivity (Wildman–Crippen MR) is 115 cm³/mol. The van der Waals surface area contributed by atoms with Crippen molar-refractivity contribution in [1.29, 1.82) is 0 Å². The van der Waals surface area contributed by atoms with Gasteiger partial charge in [0.25, 0.3) is 0 Å². The van der Waals surface area contributed by atoms with E-state index in [-0.39, 0.29) is 29.7 Å². The smallest absolute Gasteiger partial charge is 0.205 e. The zero-order valence-electron chi connectivity index (χ0n) is 17.6. The molecule has 1 saturated heterocycles. The van der Waals surface area contributed by atoms with Gasteiger partial charge in [0.1, 0.15) is 6.67 Å². The van der Waals surface area contributed by atoms with Gasteiger partial charge in [0, 0.05) is 38.4 Å². The van der Waals surface area contributed by atoms with Crippen molar-refractivity contribution in [2.24, 2.45) is 22.4 Å². The molecule has 8 nitrogen and oxygen atoms in total. The summed E-state index contributed by atoms with van der Waals surface area (Å²) in [6.45, 7) is 5.06. The molecule has 6 rings (SSSR count). The van der Waals surface area contributed by atoms with E-state index < -0.39 is 5.41 Å². The first-order chi connectivity index (χ1) is 15.0. The van der Waals surface area contributed by atoms with Crippen LogP contribution in [0, 0.1) is 11.2 Å². The van der Waals surface area contributed by atoms with E-state index in [4.69, 9.17) is 9.26 Å². The first-order valence-electron chi connectivity index (χ1n) is 10.5. The Kier molecular flexibility index (Phi) is 3.89. The average molecular weight is 422 g/mol. The van der Waals surface area contributed by atoms with Crippen LogP contribution in [0.15, 0.2) is 33.0 Å². The van der Waals surface area contributed by atoms with Gasteiger partial charge >= 0.3 is 0 Å². The van der Waals surface area contributed by atoms with Gasteiger partial charge in [-0.2, -0.15) is 0 Å². The molecule has 3 aromatic rings. The molecule has 31 heavy (non-hydrogen) atoms. The van der Waals surface area contributed by atoms with E-state index in [1.54, 1.807) is 6.20 Å². The van der Waals surface area contributed by atoms with E-state index in [1.165, 1.54) is 0 Å². The predicted octanol–water partition coefficient (Wildman–Crippen LogP) is 3.00. The Balaban J connectivity index is 1.60. The summed E-state index contributed by atoms with van der Waals surface area (Å²) < 4.78 is 29.5. The highest BCUT2D eigenvalue weighted by Crippen LogP contribution is 2.48. The lowest BCUT2D eigenvalue weighted by Gasteiger charge is -2.54. The van der Waals surface area contributed by atoms with Crippen molar-refractivity contribution >= 4 is 29.1 Å². The van der Waals surface area contributed by atoms with Crippen molar-refractivity contribution in [3.05, 3.63) is 29.8 Å². The van der Waals surface area contributed by atoms with Crippen LogP contribution in [0.5, 0.6) is 0 Å². The number of aryl methyl sites for hydroxylation is 1. The summed E-state index contributed by atoms with van der Waals surface area (Å²) in [6.07, 6.45) is 7.92. The summed E-state index contributed by atoms with van der Waals surface area (Å²) in [5, 5.41) is 4.80. The van der Waals surface area contributed by atoms with Gasteiger partial charge < -0.3 is 18.7 Å². The van der Waals surface area contributed by atoms with Gasteiger partial charge in [-0.15, -0.1) is 0 Å². The van der Waals surface area contributed by atoms with Crippen molar-refractivity contribution in [2.75, 3.05) is 18.1 Å². The molecule has 5 heterocycles. The number of morpholine rings is 1. The third kappa shape index (κ3) is 2.56. The summed E-state index contributed by atoms with van der Waals surface area (Å²) in [7, 11) is 1.88. The van der Waals surface area contributed by atoms with Crippen LogP contribution in [0.3, 0.4) is 0 Å². The Morgan fingerprint density at radius 2 is 2.03 bits per heavy atom. The molecule has 160 valence electrons. The van der Waals surface area contributed by atoms with Gasteiger partial charge in [0.05, 0.1) is 34.7 Å². The molecule has 1 fully saturated rings. The average Bonchev–Trinajstić information content (AvgIpc) is 3.33. The largest absolute Gasteiger partial charge is 0.372 e. The number of imidazole rings is 1. The van der Waals surface area contributed by atoms with Crippen molar-refractivity contribution in [1.82, 2.24) is 14.7 Å². The second-order valence-corrected chi connectivity index (χ2v) is 8.77. The summed E-state index contributed by atoms with van der Waals surface area (Å²) in [5.41, 5.74) is 1.70. The van der Waals surface area contributed by atoms with Gasteiger partial charge in [0.2, 0.25) is 5.58 Å². The van der Waals surface area contributed by atoms with Gasteiger partial charge in [-0.25, -0.2) is 9.37 Å². The Morgan fingerprint density at radius 3 is 2.77 bits per heavy atom. The normalized spacial score (nSPS) is 26.5. The van der Waals surface area contributed by atoms with Crippen molar-refractivity contribution < 1.29 is 13.7 Å². The molecule has 0 aliphatic carbocycles. The number of fused-ring (bicyclic) bond motifs is 5. The van der Waals surface area contributed by atoms with Crippen molar-refractivity contribution in [3.8, 4) is 11.5 Å². The molecule has 3 aliphatic heterocycles. The number of anilines is 1. The molecule has 3 aliphatic rings. The number of benzene rings is 1. The fraction of sp³-hybridized carbons (Fsp3) is 0.455. The first kappa shape index (κ1) is 18.7. The minimum Gasteiger partial charge on any atom is -0.372 e. The summed E-state index contributed by atoms with van der Waals surface area (Å²) in [5.74, 6) is 0.252. The lowest BCUT2D eigenvalue weighted by molar-refractivity contribution is -0.0432. The highest BCUT2D eigenvalue weighted by atomic mass is 19.1. The summed E-state index contributed by atoms with van der Waals surface area (Å²) >= 11 is 0. The summed E-state index contributed by atoms with van der Waals surface area (Å²) in [4.78, 5) is 15.4. The lowest BCUT2D eigenvalue weighted by Crippen LogP contribution is -2.65. The van der Waals surface area contributed by atoms with Gasteiger partial charge in [-0.1, -0.05) is 5.16 Å². The molecular weight excluding hydrogens is 399 g/mol. The van der Waals surface area contributed by atoms with E-state index in [9.17, 15) is 0 Å². The monoisotopic (exact) mass is 422 g/mol. The molecule has 1 aromatic carbocycles. The van der Waals surface area contributed by atoms with Crippen LogP contribution in [0.4, 0.5) is 10.1 Å². The number of hydrogen-bond donors (Lipinski definition) is 0. The summed E-state index contributed by atoms with van der Waals surface area (Å²) in [6, 6.07) is 1.89. The molecule has 1 spiro atoms. The fourth-order valence-electron chi connectivity index (χ4n) is 5.55. The standard InChI is InChI=1S/C22H23FN6O2/c1-12-8-29-18-14(7-22(9-24-11-25-10-22)20(29)13(2)30-12)6-15-17(21-26-4-5-28(21)3)27-31-19(15)16(18)23/h4-6,9-10,12-13,20H,7-8,11H2,1-3H3/t12-,13+,20+/m1/s1. The number of aromatic nitrogens is 3. The second kappa shape index (κ2) is 6.46. The van der Waals surface area contributed by atoms with Crippen LogP contribution >= 0.6 is 0 Å². The Hall–Kier alpha value is -3.07. The van der Waals surface area contributed by atoms with Crippen LogP contribution in [0.2, 0.25) is 0 Å². The molecule has 0 bridgehead atoms. The zero-order chi connectivity index (χ0) is 21.3. The van der Waals surface area contributed by atoms with E-state index in [1.807, 2.05) is 50.2 Å². The molecule has 0 amide bonds. The molecule has 0 radical (unpaired) electrons. The number of halogens is 1. The minimum absolute atomic E-state index is 0.0281. The van der Waals surface area contributed by atoms with E-state index in [2.05, 4.69) is 25.0 Å². The van der Waals surface area contributed by atoms with E-state index >= 15 is 4.39 Å². The molecule has 0 N–H and O–H groups in total. The zero-order valence-corrected chi connectivity index (χ0v) is 17.6. The van der Waals surface area contributed by atoms with Crippen LogP contribution in [0.25, 0.3) is 22.5 Å². The number of hydrogen-bond acceptors (Lipinski definition) is 7. The van der Waals surface area contributed by atoms with Crippen molar-refractivity contribution in [2.45, 2.75) is 38.5 Å². The van der Waals surface area contributed by atoms with Gasteiger partial charge in [-0.3, -0.25) is 9.98 Å². The maximum Gasteiger partial charge on any atom is 0.205 e. The third-order valence-corrected chi connectivity index (χ3v) is 6.63. The van der Waals surface area contributed by atoms with E-state index in [0.29, 0.717) is 42.2 Å². The topological polar surface area (TPSA) is 81.0 Å². The van der Waals surface area contributed by atoms with Crippen molar-refractivity contribution in [3.63, 3.8) is 0 Å². The van der Waals surface area contributed by atoms with Crippen LogP contribution in [-0.4, -0.2) is 58.6 Å². The second-order valence-electron chi connectivity index (χ2n) is 8.77. The van der Waals surface area contributed by atoms with Crippen LogP contribution in [0.1, 0.15) is 19.4 Å². The number of ether oxygens (including phenoxy) is 1. The maximum absolute atomic E-state index is 16.0. The molecule has 0 unspecified atom stereocenters. The first-order valence-corrected chi connectivity index (χ1v) is 10.5. The Labute approximate surface area is 178 Å². The maximum atomic E-state index is 16.0. The highest BCUT2D eigenvalue weighted by molar-refractivity contribution is 5.98. The number of rotatable bonds is 1. The van der Waals surface area contributed by atoms with Crippen LogP contribution in [-0.2, 0) is 18.2 Å². The van der Waals surface area contributed by atoms with Gasteiger partial charge in [-0.05, 0) is 31.9 Å². The Bertz CT molecular complexity index is 1230. The number of nitrogens with zero attached hydrogens (tertiary/aromatic N) is 6. The minimum atomic E-state index is -0.453. The molecule has 9 heteroatoms.